The minimum Gasteiger partial charge on any atom is -0.383 e. The van der Waals surface area contributed by atoms with Crippen molar-refractivity contribution in [1.82, 2.24) is 10.6 Å². The number of nitrogens with zero attached hydrogens (tertiary/aromatic N) is 1. The van der Waals surface area contributed by atoms with Crippen LogP contribution in [0.25, 0.3) is 0 Å². The van der Waals surface area contributed by atoms with Crippen molar-refractivity contribution in [1.29, 1.82) is 0 Å². The van der Waals surface area contributed by atoms with Crippen LogP contribution in [0, 0.1) is 0 Å². The van der Waals surface area contributed by atoms with E-state index >= 15 is 0 Å². The summed E-state index contributed by atoms with van der Waals surface area (Å²) in [5, 5.41) is 10.2. The number of rotatable bonds is 9. The van der Waals surface area contributed by atoms with Gasteiger partial charge < -0.3 is 20.7 Å². The maximum Gasteiger partial charge on any atom is 0.191 e. The first-order valence-electron chi connectivity index (χ1n) is 9.68. The number of methoxy groups -OCH3 is 1. The molecule has 3 rings (SSSR count). The summed E-state index contributed by atoms with van der Waals surface area (Å²) in [5.41, 5.74) is 3.92. The highest BCUT2D eigenvalue weighted by Gasteiger charge is 2.45. The maximum absolute atomic E-state index is 5.06. The first-order chi connectivity index (χ1) is 13.7. The third-order valence-corrected chi connectivity index (χ3v) is 5.86. The second-order valence-corrected chi connectivity index (χ2v) is 8.01. The smallest absolute Gasteiger partial charge is 0.191 e. The molecule has 28 heavy (non-hydrogen) atoms. The largest absolute Gasteiger partial charge is 0.383 e. The van der Waals surface area contributed by atoms with Crippen LogP contribution < -0.4 is 16.0 Å². The van der Waals surface area contributed by atoms with E-state index in [4.69, 9.17) is 4.74 Å². The number of anilines is 1. The molecule has 0 atom stereocenters. The van der Waals surface area contributed by atoms with Gasteiger partial charge in [-0.05, 0) is 42.2 Å². The Morgan fingerprint density at radius 2 is 1.86 bits per heavy atom. The van der Waals surface area contributed by atoms with Crippen LogP contribution in [0.15, 0.2) is 58.0 Å². The number of aliphatic imine (C=N–C) groups is 1. The van der Waals surface area contributed by atoms with Crippen LogP contribution >= 0.6 is 15.9 Å². The van der Waals surface area contributed by atoms with E-state index in [2.05, 4.69) is 85.4 Å². The van der Waals surface area contributed by atoms with Gasteiger partial charge in [-0.25, -0.2) is 0 Å². The maximum atomic E-state index is 5.06. The fourth-order valence-corrected chi connectivity index (χ4v) is 3.99. The first-order valence-corrected chi connectivity index (χ1v) is 10.5. The standard InChI is InChI=1S/C22H29BrN4O/c1-24-21(26-15-17-7-9-18(10-8-17)25-13-14-28-2)27-16-22(11-12-22)19-5-3-4-6-20(19)23/h3-10,25H,11-16H2,1-2H3,(H2,24,26,27). The van der Waals surface area contributed by atoms with Crippen LogP contribution in [0.1, 0.15) is 24.0 Å². The summed E-state index contributed by atoms with van der Waals surface area (Å²) in [7, 11) is 3.53. The van der Waals surface area contributed by atoms with Gasteiger partial charge in [-0.1, -0.05) is 46.3 Å². The van der Waals surface area contributed by atoms with Crippen molar-refractivity contribution in [2.45, 2.75) is 24.8 Å². The highest BCUT2D eigenvalue weighted by molar-refractivity contribution is 9.10. The number of hydrogen-bond donors (Lipinski definition) is 3. The fourth-order valence-electron chi connectivity index (χ4n) is 3.28. The SMILES string of the molecule is CN=C(NCc1ccc(NCCOC)cc1)NCC1(c2ccccc2Br)CC1. The van der Waals surface area contributed by atoms with Crippen molar-refractivity contribution >= 4 is 27.6 Å². The molecule has 0 heterocycles. The lowest BCUT2D eigenvalue weighted by Gasteiger charge is -2.20. The van der Waals surface area contributed by atoms with E-state index in [1.807, 2.05) is 7.05 Å². The van der Waals surface area contributed by atoms with E-state index in [0.29, 0.717) is 6.61 Å². The molecule has 0 aliphatic heterocycles. The van der Waals surface area contributed by atoms with Gasteiger partial charge >= 0.3 is 0 Å². The van der Waals surface area contributed by atoms with Crippen LogP contribution in [0.5, 0.6) is 0 Å². The third-order valence-electron chi connectivity index (χ3n) is 5.17. The Bertz CT molecular complexity index is 787. The van der Waals surface area contributed by atoms with Gasteiger partial charge in [-0.3, -0.25) is 4.99 Å². The molecule has 1 fully saturated rings. The summed E-state index contributed by atoms with van der Waals surface area (Å²) in [5.74, 6) is 0.834. The minimum atomic E-state index is 0.216. The molecule has 1 aliphatic rings. The second kappa shape index (κ2) is 9.94. The van der Waals surface area contributed by atoms with E-state index in [0.717, 1.165) is 31.3 Å². The molecule has 0 spiro atoms. The van der Waals surface area contributed by atoms with Crippen molar-refractivity contribution in [2.24, 2.45) is 4.99 Å². The van der Waals surface area contributed by atoms with Gasteiger partial charge in [0.2, 0.25) is 0 Å². The van der Waals surface area contributed by atoms with E-state index in [9.17, 15) is 0 Å². The summed E-state index contributed by atoms with van der Waals surface area (Å²) < 4.78 is 6.25. The van der Waals surface area contributed by atoms with Crippen molar-refractivity contribution in [2.75, 3.05) is 39.2 Å². The summed E-state index contributed by atoms with van der Waals surface area (Å²) >= 11 is 3.70. The number of guanidine groups is 1. The van der Waals surface area contributed by atoms with Crippen LogP contribution in [-0.2, 0) is 16.7 Å². The topological polar surface area (TPSA) is 57.7 Å². The van der Waals surface area contributed by atoms with Gasteiger partial charge in [0.05, 0.1) is 6.61 Å². The van der Waals surface area contributed by atoms with Crippen molar-refractivity contribution in [3.63, 3.8) is 0 Å². The van der Waals surface area contributed by atoms with E-state index in [-0.39, 0.29) is 5.41 Å². The molecule has 0 unspecified atom stereocenters. The molecule has 150 valence electrons. The van der Waals surface area contributed by atoms with Crippen molar-refractivity contribution in [3.05, 3.63) is 64.1 Å². The highest BCUT2D eigenvalue weighted by Crippen LogP contribution is 2.49. The molecule has 0 bridgehead atoms. The normalized spacial score (nSPS) is 15.2. The van der Waals surface area contributed by atoms with Gasteiger partial charge in [0, 0.05) is 49.4 Å². The Kier molecular flexibility index (Phi) is 7.34. The Morgan fingerprint density at radius 1 is 1.11 bits per heavy atom. The number of ether oxygens (including phenoxy) is 1. The quantitative estimate of drug-likeness (QED) is 0.311. The molecule has 0 amide bonds. The predicted octanol–water partition coefficient (Wildman–Crippen LogP) is 3.90. The van der Waals surface area contributed by atoms with Crippen LogP contribution in [0.2, 0.25) is 0 Å². The number of halogens is 1. The van der Waals surface area contributed by atoms with Gasteiger partial charge in [-0.2, -0.15) is 0 Å². The molecule has 2 aromatic rings. The fraction of sp³-hybridized carbons (Fsp3) is 0.409. The molecule has 3 N–H and O–H groups in total. The summed E-state index contributed by atoms with van der Waals surface area (Å²) in [6.07, 6.45) is 2.41. The molecule has 2 aromatic carbocycles. The third kappa shape index (κ3) is 5.49. The monoisotopic (exact) mass is 444 g/mol. The zero-order valence-electron chi connectivity index (χ0n) is 16.6. The average Bonchev–Trinajstić information content (AvgIpc) is 3.50. The zero-order valence-corrected chi connectivity index (χ0v) is 18.2. The van der Waals surface area contributed by atoms with Crippen molar-refractivity contribution in [3.8, 4) is 0 Å². The summed E-state index contributed by atoms with van der Waals surface area (Å²) in [6, 6.07) is 17.0. The first kappa shape index (κ1) is 20.7. The average molecular weight is 445 g/mol. The molecular formula is C22H29BrN4O. The number of hydrogen-bond acceptors (Lipinski definition) is 3. The minimum absolute atomic E-state index is 0.216. The summed E-state index contributed by atoms with van der Waals surface area (Å²) in [6.45, 7) is 3.13. The molecule has 0 aromatic heterocycles. The molecule has 1 aliphatic carbocycles. The van der Waals surface area contributed by atoms with Gasteiger partial charge in [0.15, 0.2) is 5.96 Å². The lowest BCUT2D eigenvalue weighted by atomic mass is 9.96. The Labute approximate surface area is 176 Å². The Balaban J connectivity index is 1.48. The predicted molar refractivity (Wildman–Crippen MR) is 120 cm³/mol. The van der Waals surface area contributed by atoms with Gasteiger partial charge in [-0.15, -0.1) is 0 Å². The molecular weight excluding hydrogens is 416 g/mol. The Hall–Kier alpha value is -2.05. The van der Waals surface area contributed by atoms with E-state index in [1.165, 1.54) is 28.4 Å². The molecule has 1 saturated carbocycles. The van der Waals surface area contributed by atoms with E-state index < -0.39 is 0 Å². The molecule has 6 heteroatoms. The number of benzene rings is 2. The van der Waals surface area contributed by atoms with Crippen LogP contribution in [0.4, 0.5) is 5.69 Å². The second-order valence-electron chi connectivity index (χ2n) is 7.16. The van der Waals surface area contributed by atoms with E-state index in [1.54, 1.807) is 7.11 Å². The number of nitrogens with one attached hydrogen (secondary N) is 3. The van der Waals surface area contributed by atoms with Crippen LogP contribution in [-0.4, -0.2) is 39.8 Å². The summed E-state index contributed by atoms with van der Waals surface area (Å²) in [4.78, 5) is 4.37. The highest BCUT2D eigenvalue weighted by atomic mass is 79.9. The Morgan fingerprint density at radius 3 is 2.50 bits per heavy atom. The lowest BCUT2D eigenvalue weighted by Crippen LogP contribution is -2.41. The van der Waals surface area contributed by atoms with Crippen LogP contribution in [0.3, 0.4) is 0 Å². The molecule has 0 saturated heterocycles. The molecule has 0 radical (unpaired) electrons. The van der Waals surface area contributed by atoms with Gasteiger partial charge in [0.25, 0.3) is 0 Å². The molecule has 5 nitrogen and oxygen atoms in total. The van der Waals surface area contributed by atoms with Crippen molar-refractivity contribution < 1.29 is 4.74 Å². The lowest BCUT2D eigenvalue weighted by molar-refractivity contribution is 0.211. The zero-order chi connectivity index (χ0) is 19.8. The van der Waals surface area contributed by atoms with Gasteiger partial charge in [0.1, 0.15) is 0 Å².